The van der Waals surface area contributed by atoms with Crippen LogP contribution in [0.1, 0.15) is 70.7 Å². The van der Waals surface area contributed by atoms with Crippen molar-refractivity contribution in [2.24, 2.45) is 0 Å². The highest BCUT2D eigenvalue weighted by Gasteiger charge is 2.62. The molecule has 0 amide bonds. The molecular formula is C22H22O11. The minimum absolute atomic E-state index is 0.153. The molecule has 1 unspecified atom stereocenters. The summed E-state index contributed by atoms with van der Waals surface area (Å²) < 4.78 is 11.1. The van der Waals surface area contributed by atoms with Gasteiger partial charge in [0.2, 0.25) is 0 Å². The van der Waals surface area contributed by atoms with Gasteiger partial charge in [0.1, 0.15) is 23.2 Å². The SMILES string of the molecule is CC1O[C@@H]2C[C@@H](O)[C@@]1(O)C1=C2C(=O)c2c(O)c3c(c(O)c2C1=O)[C@H](C)O[C@@H](CC(=O)O)[C@H]3O. The number of aliphatic hydroxyl groups excluding tert-OH is 2. The third kappa shape index (κ3) is 2.59. The van der Waals surface area contributed by atoms with E-state index in [1.54, 1.807) is 0 Å². The van der Waals surface area contributed by atoms with Gasteiger partial charge in [-0.3, -0.25) is 14.4 Å². The van der Waals surface area contributed by atoms with Gasteiger partial charge in [0.15, 0.2) is 11.6 Å². The number of hydrogen-bond donors (Lipinski definition) is 6. The summed E-state index contributed by atoms with van der Waals surface area (Å²) in [6.45, 7) is 2.88. The summed E-state index contributed by atoms with van der Waals surface area (Å²) in [6, 6.07) is 0. The van der Waals surface area contributed by atoms with Crippen LogP contribution in [0.5, 0.6) is 11.5 Å². The van der Waals surface area contributed by atoms with Gasteiger partial charge in [0, 0.05) is 28.7 Å². The van der Waals surface area contributed by atoms with Gasteiger partial charge < -0.3 is 40.1 Å². The molecule has 0 saturated carbocycles. The van der Waals surface area contributed by atoms with Crippen molar-refractivity contribution in [3.8, 4) is 11.5 Å². The average molecular weight is 462 g/mol. The minimum atomic E-state index is -2.19. The zero-order valence-corrected chi connectivity index (χ0v) is 17.6. The summed E-state index contributed by atoms with van der Waals surface area (Å²) in [7, 11) is 0. The quantitative estimate of drug-likeness (QED) is 0.325. The second-order valence-electron chi connectivity index (χ2n) is 8.92. The van der Waals surface area contributed by atoms with Crippen molar-refractivity contribution < 1.29 is 54.5 Å². The van der Waals surface area contributed by atoms with Crippen molar-refractivity contribution in [3.05, 3.63) is 33.4 Å². The lowest BCUT2D eigenvalue weighted by atomic mass is 9.63. The van der Waals surface area contributed by atoms with E-state index in [1.807, 2.05) is 0 Å². The molecule has 2 bridgehead atoms. The monoisotopic (exact) mass is 462 g/mol. The fourth-order valence-corrected chi connectivity index (χ4v) is 5.65. The number of carbonyl (C=O) groups is 3. The zero-order valence-electron chi connectivity index (χ0n) is 17.6. The van der Waals surface area contributed by atoms with E-state index in [2.05, 4.69) is 0 Å². The molecule has 5 aliphatic rings. The van der Waals surface area contributed by atoms with E-state index in [0.717, 1.165) is 0 Å². The first kappa shape index (κ1) is 22.0. The first-order chi connectivity index (χ1) is 15.4. The highest BCUT2D eigenvalue weighted by Crippen LogP contribution is 2.55. The summed E-state index contributed by atoms with van der Waals surface area (Å²) in [6.07, 6.45) is -8.21. The molecule has 11 nitrogen and oxygen atoms in total. The molecule has 1 aromatic carbocycles. The summed E-state index contributed by atoms with van der Waals surface area (Å²) in [5.41, 5.74) is -4.40. The summed E-state index contributed by atoms with van der Waals surface area (Å²) in [5, 5.41) is 63.6. The maximum atomic E-state index is 13.6. The fourth-order valence-electron chi connectivity index (χ4n) is 5.65. The molecule has 1 aromatic rings. The van der Waals surface area contributed by atoms with Crippen LogP contribution in [0, 0.1) is 0 Å². The highest BCUT2D eigenvalue weighted by molar-refractivity contribution is 6.30. The van der Waals surface area contributed by atoms with Crippen molar-refractivity contribution in [1.29, 1.82) is 0 Å². The largest absolute Gasteiger partial charge is 0.507 e. The fraction of sp³-hybridized carbons (Fsp3) is 0.500. The molecule has 6 rings (SSSR count). The lowest BCUT2D eigenvalue weighted by Crippen LogP contribution is -2.66. The number of aromatic hydroxyl groups is 2. The van der Waals surface area contributed by atoms with Gasteiger partial charge in [-0.15, -0.1) is 0 Å². The predicted molar refractivity (Wildman–Crippen MR) is 106 cm³/mol. The van der Waals surface area contributed by atoms with Crippen LogP contribution < -0.4 is 0 Å². The Morgan fingerprint density at radius 1 is 1.03 bits per heavy atom. The van der Waals surface area contributed by atoms with Crippen LogP contribution >= 0.6 is 0 Å². The number of benzene rings is 1. The van der Waals surface area contributed by atoms with E-state index in [4.69, 9.17) is 14.6 Å². The van der Waals surface area contributed by atoms with Crippen LogP contribution in [0.3, 0.4) is 0 Å². The van der Waals surface area contributed by atoms with Crippen molar-refractivity contribution in [1.82, 2.24) is 0 Å². The number of hydrogen-bond acceptors (Lipinski definition) is 10. The number of aliphatic hydroxyl groups is 3. The van der Waals surface area contributed by atoms with E-state index in [9.17, 15) is 39.9 Å². The van der Waals surface area contributed by atoms with Gasteiger partial charge >= 0.3 is 5.97 Å². The van der Waals surface area contributed by atoms with Gasteiger partial charge in [0.25, 0.3) is 0 Å². The first-order valence-corrected chi connectivity index (χ1v) is 10.5. The van der Waals surface area contributed by atoms with Gasteiger partial charge in [-0.1, -0.05) is 0 Å². The predicted octanol–water partition coefficient (Wildman–Crippen LogP) is 0.0243. The second-order valence-corrected chi connectivity index (χ2v) is 8.92. The Morgan fingerprint density at radius 3 is 2.24 bits per heavy atom. The van der Waals surface area contributed by atoms with Gasteiger partial charge in [-0.05, 0) is 13.8 Å². The van der Waals surface area contributed by atoms with E-state index in [1.165, 1.54) is 13.8 Å². The van der Waals surface area contributed by atoms with E-state index < -0.39 is 88.8 Å². The summed E-state index contributed by atoms with van der Waals surface area (Å²) >= 11 is 0. The first-order valence-electron chi connectivity index (χ1n) is 10.5. The maximum absolute atomic E-state index is 13.6. The lowest BCUT2D eigenvalue weighted by molar-refractivity contribution is -0.207. The Kier molecular flexibility index (Phi) is 4.56. The molecule has 3 heterocycles. The lowest BCUT2D eigenvalue weighted by Gasteiger charge is -2.52. The third-order valence-corrected chi connectivity index (χ3v) is 7.18. The Morgan fingerprint density at radius 2 is 1.64 bits per heavy atom. The van der Waals surface area contributed by atoms with Crippen molar-refractivity contribution >= 4 is 17.5 Å². The molecular weight excluding hydrogens is 440 g/mol. The Balaban J connectivity index is 1.76. The molecule has 0 radical (unpaired) electrons. The molecule has 3 aliphatic heterocycles. The van der Waals surface area contributed by atoms with E-state index in [0.29, 0.717) is 0 Å². The molecule has 0 aromatic heterocycles. The van der Waals surface area contributed by atoms with Crippen LogP contribution in [-0.2, 0) is 14.3 Å². The molecule has 33 heavy (non-hydrogen) atoms. The van der Waals surface area contributed by atoms with Crippen molar-refractivity contribution in [2.45, 2.75) is 68.9 Å². The average Bonchev–Trinajstić information content (AvgIpc) is 2.72. The van der Waals surface area contributed by atoms with Crippen LogP contribution in [0.2, 0.25) is 0 Å². The molecule has 0 spiro atoms. The number of phenols is 2. The normalized spacial score (nSPS) is 37.0. The number of ketones is 2. The Bertz CT molecular complexity index is 1150. The number of aliphatic carboxylic acids is 1. The topological polar surface area (TPSA) is 191 Å². The van der Waals surface area contributed by atoms with Crippen LogP contribution in [-0.4, -0.2) is 78.2 Å². The maximum Gasteiger partial charge on any atom is 0.306 e. The Hall–Kier alpha value is -2.83. The minimum Gasteiger partial charge on any atom is -0.507 e. The summed E-state index contributed by atoms with van der Waals surface area (Å²) in [4.78, 5) is 38.2. The molecule has 7 atom stereocenters. The third-order valence-electron chi connectivity index (χ3n) is 7.18. The van der Waals surface area contributed by atoms with E-state index in [-0.39, 0.29) is 28.7 Å². The van der Waals surface area contributed by atoms with Gasteiger partial charge in [0.05, 0.1) is 48.1 Å². The standard InChI is InChI=1S/C22H22O11/c1-5-11-13(17(26)8(32-5)4-10(24)25)20(29)14-15(18(11)27)21(30)16-12(19(14)28)7-3-9(23)22(16,31)6(2)33-7/h5-9,17,23,26-27,29,31H,3-4H2,1-2H3,(H,24,25)/t5-,6?,7+,8-,9+,17+,22+/m0/s1. The molecule has 2 aliphatic carbocycles. The van der Waals surface area contributed by atoms with Crippen LogP contribution in [0.15, 0.2) is 11.1 Å². The number of carbonyl (C=O) groups excluding carboxylic acids is 2. The van der Waals surface area contributed by atoms with Crippen LogP contribution in [0.25, 0.3) is 0 Å². The van der Waals surface area contributed by atoms with Gasteiger partial charge in [-0.25, -0.2) is 0 Å². The van der Waals surface area contributed by atoms with Crippen molar-refractivity contribution in [2.75, 3.05) is 0 Å². The van der Waals surface area contributed by atoms with Gasteiger partial charge in [-0.2, -0.15) is 0 Å². The molecule has 1 saturated heterocycles. The van der Waals surface area contributed by atoms with Crippen molar-refractivity contribution in [3.63, 3.8) is 0 Å². The Labute approximate surface area is 186 Å². The molecule has 176 valence electrons. The molecule has 1 fully saturated rings. The van der Waals surface area contributed by atoms with E-state index >= 15 is 0 Å². The number of carboxylic acids is 1. The van der Waals surface area contributed by atoms with Crippen LogP contribution in [0.4, 0.5) is 0 Å². The number of Topliss-reactive ketones (excluding diaryl/α,β-unsaturated/α-hetero) is 2. The smallest absolute Gasteiger partial charge is 0.306 e. The second kappa shape index (κ2) is 6.84. The number of rotatable bonds is 2. The molecule has 6 N–H and O–H groups in total. The number of ether oxygens (including phenoxy) is 2. The number of fused-ring (bicyclic) bond motifs is 4. The number of phenolic OH excluding ortho intramolecular Hbond substituents is 2. The summed E-state index contributed by atoms with van der Waals surface area (Å²) in [5.74, 6) is -4.61. The molecule has 11 heteroatoms. The zero-order chi connectivity index (χ0) is 24.1. The number of carboxylic acid groups (broad SMARTS) is 1. The highest BCUT2D eigenvalue weighted by atomic mass is 16.5.